The van der Waals surface area contributed by atoms with Gasteiger partial charge in [0.1, 0.15) is 5.70 Å². The predicted molar refractivity (Wildman–Crippen MR) is 93.3 cm³/mol. The highest BCUT2D eigenvalue weighted by molar-refractivity contribution is 7.88. The zero-order valence-electron chi connectivity index (χ0n) is 14.6. The Hall–Kier alpha value is -2.59. The number of rotatable bonds is 5. The third-order valence-corrected chi connectivity index (χ3v) is 5.18. The summed E-state index contributed by atoms with van der Waals surface area (Å²) < 4.78 is 44.9. The van der Waals surface area contributed by atoms with Crippen LogP contribution in [0.5, 0.6) is 11.5 Å². The fraction of sp³-hybridized carbons (Fsp3) is 0.375. The highest BCUT2D eigenvalue weighted by Gasteiger charge is 2.31. The molecule has 2 aliphatic heterocycles. The van der Waals surface area contributed by atoms with Crippen molar-refractivity contribution in [3.63, 3.8) is 0 Å². The van der Waals surface area contributed by atoms with Crippen LogP contribution in [0.1, 0.15) is 12.5 Å². The first-order valence-corrected chi connectivity index (χ1v) is 9.22. The summed E-state index contributed by atoms with van der Waals surface area (Å²) in [4.78, 5) is 12.5. The molecule has 1 aromatic carbocycles. The van der Waals surface area contributed by atoms with Crippen LogP contribution in [0.4, 0.5) is 0 Å². The SMILES string of the molecule is COCC(C)NC(=O)C1=CC(c2ccc3c(c2)OCO3)=NS(=O)(=O)N1C. The molecule has 2 aliphatic rings. The number of ether oxygens (including phenoxy) is 3. The number of carbonyl (C=O) groups is 1. The molecule has 26 heavy (non-hydrogen) atoms. The Balaban J connectivity index is 1.95. The molecule has 0 radical (unpaired) electrons. The average Bonchev–Trinajstić information content (AvgIpc) is 3.04. The second kappa shape index (κ2) is 6.96. The summed E-state index contributed by atoms with van der Waals surface area (Å²) in [5.41, 5.74) is 0.614. The maximum absolute atomic E-state index is 12.5. The van der Waals surface area contributed by atoms with E-state index in [1.165, 1.54) is 20.2 Å². The van der Waals surface area contributed by atoms with Gasteiger partial charge in [0.15, 0.2) is 11.5 Å². The van der Waals surface area contributed by atoms with Gasteiger partial charge in [0, 0.05) is 25.8 Å². The van der Waals surface area contributed by atoms with Crippen molar-refractivity contribution in [2.24, 2.45) is 4.40 Å². The number of hydrogen-bond acceptors (Lipinski definition) is 6. The van der Waals surface area contributed by atoms with Crippen molar-refractivity contribution in [2.45, 2.75) is 13.0 Å². The summed E-state index contributed by atoms with van der Waals surface area (Å²) in [6, 6.07) is 4.67. The molecule has 1 aromatic rings. The van der Waals surface area contributed by atoms with Crippen LogP contribution in [0.25, 0.3) is 0 Å². The minimum absolute atomic E-state index is 0.0318. The van der Waals surface area contributed by atoms with Gasteiger partial charge in [-0.1, -0.05) is 0 Å². The molecule has 140 valence electrons. The van der Waals surface area contributed by atoms with Crippen molar-refractivity contribution < 1.29 is 27.4 Å². The van der Waals surface area contributed by atoms with E-state index in [1.54, 1.807) is 25.1 Å². The van der Waals surface area contributed by atoms with Crippen LogP contribution in [0.2, 0.25) is 0 Å². The van der Waals surface area contributed by atoms with E-state index in [1.807, 2.05) is 0 Å². The standard InChI is InChI=1S/C16H19N3O6S/c1-10(8-23-3)17-16(20)13-7-12(18-26(21,22)19(13)2)11-4-5-14-15(6-11)25-9-24-14/h4-7,10H,8-9H2,1-3H3,(H,17,20). The lowest BCUT2D eigenvalue weighted by Gasteiger charge is -2.24. The van der Waals surface area contributed by atoms with Crippen molar-refractivity contribution in [2.75, 3.05) is 27.6 Å². The lowest BCUT2D eigenvalue weighted by molar-refractivity contribution is -0.119. The molecule has 10 heteroatoms. The second-order valence-corrected chi connectivity index (χ2v) is 7.48. The van der Waals surface area contributed by atoms with Gasteiger partial charge >= 0.3 is 10.2 Å². The normalized spacial score (nSPS) is 18.8. The van der Waals surface area contributed by atoms with Gasteiger partial charge in [-0.25, -0.2) is 4.31 Å². The van der Waals surface area contributed by atoms with Crippen LogP contribution in [0.3, 0.4) is 0 Å². The number of nitrogens with one attached hydrogen (secondary N) is 1. The topological polar surface area (TPSA) is 107 Å². The summed E-state index contributed by atoms with van der Waals surface area (Å²) in [6.07, 6.45) is 1.42. The van der Waals surface area contributed by atoms with Crippen LogP contribution in [-0.4, -0.2) is 57.9 Å². The lowest BCUT2D eigenvalue weighted by Crippen LogP contribution is -2.42. The fourth-order valence-corrected chi connectivity index (χ4v) is 3.46. The molecule has 0 saturated carbocycles. The molecule has 1 unspecified atom stereocenters. The number of fused-ring (bicyclic) bond motifs is 1. The van der Waals surface area contributed by atoms with Gasteiger partial charge in [-0.2, -0.15) is 8.42 Å². The quantitative estimate of drug-likeness (QED) is 0.793. The Morgan fingerprint density at radius 3 is 2.85 bits per heavy atom. The number of allylic oxidation sites excluding steroid dienone is 1. The van der Waals surface area contributed by atoms with Crippen molar-refractivity contribution in [1.29, 1.82) is 0 Å². The molecule has 0 aromatic heterocycles. The Kier molecular flexibility index (Phi) is 4.88. The van der Waals surface area contributed by atoms with E-state index in [2.05, 4.69) is 9.71 Å². The van der Waals surface area contributed by atoms with Gasteiger partial charge in [0.25, 0.3) is 5.91 Å². The Labute approximate surface area is 151 Å². The van der Waals surface area contributed by atoms with E-state index in [9.17, 15) is 13.2 Å². The third-order valence-electron chi connectivity index (χ3n) is 3.87. The lowest BCUT2D eigenvalue weighted by atomic mass is 10.1. The summed E-state index contributed by atoms with van der Waals surface area (Å²) in [6.45, 7) is 2.16. The summed E-state index contributed by atoms with van der Waals surface area (Å²) in [5, 5.41) is 2.69. The molecule has 0 spiro atoms. The number of likely N-dealkylation sites (N-methyl/N-ethyl adjacent to an activating group) is 1. The van der Waals surface area contributed by atoms with Gasteiger partial charge in [-0.3, -0.25) is 4.79 Å². The smallest absolute Gasteiger partial charge is 0.345 e. The van der Waals surface area contributed by atoms with Crippen LogP contribution in [0, 0.1) is 0 Å². The molecule has 1 amide bonds. The largest absolute Gasteiger partial charge is 0.454 e. The number of benzene rings is 1. The minimum atomic E-state index is -4.03. The van der Waals surface area contributed by atoms with Crippen LogP contribution >= 0.6 is 0 Å². The third kappa shape index (κ3) is 3.51. The van der Waals surface area contributed by atoms with E-state index in [4.69, 9.17) is 14.2 Å². The van der Waals surface area contributed by atoms with Crippen molar-refractivity contribution in [3.05, 3.63) is 35.5 Å². The Bertz CT molecular complexity index is 893. The van der Waals surface area contributed by atoms with E-state index in [0.717, 1.165) is 4.31 Å². The highest BCUT2D eigenvalue weighted by Crippen LogP contribution is 2.33. The molecule has 9 nitrogen and oxygen atoms in total. The highest BCUT2D eigenvalue weighted by atomic mass is 32.2. The van der Waals surface area contributed by atoms with E-state index in [-0.39, 0.29) is 24.2 Å². The molecule has 0 saturated heterocycles. The second-order valence-electron chi connectivity index (χ2n) is 5.85. The van der Waals surface area contributed by atoms with Gasteiger partial charge < -0.3 is 19.5 Å². The maximum Gasteiger partial charge on any atom is 0.345 e. The fourth-order valence-electron chi connectivity index (χ4n) is 2.55. The number of nitrogens with zero attached hydrogens (tertiary/aromatic N) is 2. The molecule has 2 heterocycles. The number of carbonyl (C=O) groups excluding carboxylic acids is 1. The van der Waals surface area contributed by atoms with Crippen molar-refractivity contribution in [1.82, 2.24) is 9.62 Å². The molecule has 0 aliphatic carbocycles. The first kappa shape index (κ1) is 18.2. The van der Waals surface area contributed by atoms with Crippen LogP contribution < -0.4 is 14.8 Å². The zero-order chi connectivity index (χ0) is 18.9. The number of methoxy groups -OCH3 is 1. The average molecular weight is 381 g/mol. The van der Waals surface area contributed by atoms with Crippen molar-refractivity contribution in [3.8, 4) is 11.5 Å². The molecular weight excluding hydrogens is 362 g/mol. The van der Waals surface area contributed by atoms with E-state index < -0.39 is 16.1 Å². The van der Waals surface area contributed by atoms with Gasteiger partial charge in [-0.15, -0.1) is 4.40 Å². The van der Waals surface area contributed by atoms with Crippen molar-refractivity contribution >= 4 is 21.8 Å². The van der Waals surface area contributed by atoms with Crippen LogP contribution in [0.15, 0.2) is 34.4 Å². The molecule has 1 atom stereocenters. The first-order valence-electron chi connectivity index (χ1n) is 7.82. The molecular formula is C16H19N3O6S. The molecule has 3 rings (SSSR count). The monoisotopic (exact) mass is 381 g/mol. The molecule has 0 bridgehead atoms. The predicted octanol–water partition coefficient (Wildman–Crippen LogP) is 0.430. The first-order chi connectivity index (χ1) is 12.3. The number of hydrogen-bond donors (Lipinski definition) is 1. The van der Waals surface area contributed by atoms with Gasteiger partial charge in [0.05, 0.1) is 12.3 Å². The molecule has 0 fully saturated rings. The van der Waals surface area contributed by atoms with Crippen LogP contribution in [-0.2, 0) is 19.7 Å². The summed E-state index contributed by atoms with van der Waals surface area (Å²) >= 11 is 0. The number of amides is 1. The van der Waals surface area contributed by atoms with Gasteiger partial charge in [0.2, 0.25) is 6.79 Å². The summed E-state index contributed by atoms with van der Waals surface area (Å²) in [5.74, 6) is 0.531. The zero-order valence-corrected chi connectivity index (χ0v) is 15.4. The van der Waals surface area contributed by atoms with Gasteiger partial charge in [-0.05, 0) is 31.2 Å². The maximum atomic E-state index is 12.5. The minimum Gasteiger partial charge on any atom is -0.454 e. The van der Waals surface area contributed by atoms with E-state index in [0.29, 0.717) is 23.7 Å². The Morgan fingerprint density at radius 2 is 2.12 bits per heavy atom. The Morgan fingerprint density at radius 1 is 1.38 bits per heavy atom. The summed E-state index contributed by atoms with van der Waals surface area (Å²) in [7, 11) is -1.23. The molecule has 1 N–H and O–H groups in total. The van der Waals surface area contributed by atoms with E-state index >= 15 is 0 Å².